The van der Waals surface area contributed by atoms with Crippen molar-refractivity contribution in [2.24, 2.45) is 0 Å². The average Bonchev–Trinajstić information content (AvgIpc) is 3.31. The second-order valence-electron chi connectivity index (χ2n) is 5.47. The van der Waals surface area contributed by atoms with E-state index < -0.39 is 0 Å². The normalized spacial score (nSPS) is 11.5. The van der Waals surface area contributed by atoms with Gasteiger partial charge in [0, 0.05) is 0 Å². The number of aryl methyl sites for hydroxylation is 1. The van der Waals surface area contributed by atoms with Gasteiger partial charge in [-0.3, -0.25) is 0 Å². The van der Waals surface area contributed by atoms with Crippen molar-refractivity contribution in [1.29, 1.82) is 0 Å². The third kappa shape index (κ3) is 1.78. The first-order valence-electron chi connectivity index (χ1n) is 7.50. The van der Waals surface area contributed by atoms with E-state index in [0.717, 1.165) is 33.7 Å². The van der Waals surface area contributed by atoms with Gasteiger partial charge >= 0.3 is 0 Å². The van der Waals surface area contributed by atoms with Crippen LogP contribution in [0.15, 0.2) is 59.6 Å². The van der Waals surface area contributed by atoms with Crippen molar-refractivity contribution in [3.05, 3.63) is 60.9 Å². The molecule has 7 nitrogen and oxygen atoms in total. The first kappa shape index (κ1) is 13.0. The number of benzene rings is 1. The Kier molecular flexibility index (Phi) is 2.58. The fraction of sp³-hybridized carbons (Fsp3) is 0.0588. The molecule has 0 amide bonds. The fourth-order valence-corrected chi connectivity index (χ4v) is 2.81. The van der Waals surface area contributed by atoms with Crippen molar-refractivity contribution >= 4 is 16.7 Å². The summed E-state index contributed by atoms with van der Waals surface area (Å²) in [5.74, 6) is 1.40. The van der Waals surface area contributed by atoms with Crippen LogP contribution >= 0.6 is 0 Å². The average molecular weight is 316 g/mol. The van der Waals surface area contributed by atoms with Crippen LogP contribution in [0.5, 0.6) is 0 Å². The van der Waals surface area contributed by atoms with Crippen molar-refractivity contribution in [3.63, 3.8) is 0 Å². The molecule has 0 spiro atoms. The predicted molar refractivity (Wildman–Crippen MR) is 87.8 cm³/mol. The third-order valence-electron chi connectivity index (χ3n) is 4.01. The zero-order valence-electron chi connectivity index (χ0n) is 12.8. The molecule has 116 valence electrons. The van der Waals surface area contributed by atoms with Crippen LogP contribution in [0.3, 0.4) is 0 Å². The number of fused-ring (bicyclic) bond motifs is 3. The fourth-order valence-electron chi connectivity index (χ4n) is 2.81. The highest BCUT2D eigenvalue weighted by Gasteiger charge is 2.16. The van der Waals surface area contributed by atoms with E-state index in [9.17, 15) is 0 Å². The summed E-state index contributed by atoms with van der Waals surface area (Å²) in [6, 6.07) is 11.8. The highest BCUT2D eigenvalue weighted by Crippen LogP contribution is 2.24. The van der Waals surface area contributed by atoms with Crippen molar-refractivity contribution in [3.8, 4) is 17.1 Å². The summed E-state index contributed by atoms with van der Waals surface area (Å²) < 4.78 is 8.81. The predicted octanol–water partition coefficient (Wildman–Crippen LogP) is 3.03. The highest BCUT2D eigenvalue weighted by atomic mass is 16.3. The number of aromatic nitrogens is 6. The smallest absolute Gasteiger partial charge is 0.185 e. The Balaban J connectivity index is 1.75. The second kappa shape index (κ2) is 4.76. The van der Waals surface area contributed by atoms with Gasteiger partial charge in [-0.1, -0.05) is 18.2 Å². The molecule has 0 saturated carbocycles. The quantitative estimate of drug-likeness (QED) is 0.500. The molecule has 7 heteroatoms. The molecular weight excluding hydrogens is 304 g/mol. The zero-order chi connectivity index (χ0) is 16.1. The molecule has 0 unspecified atom stereocenters. The summed E-state index contributed by atoms with van der Waals surface area (Å²) in [6.07, 6.45) is 5.06. The summed E-state index contributed by atoms with van der Waals surface area (Å²) in [5, 5.41) is 9.80. The molecule has 4 aromatic heterocycles. The lowest BCUT2D eigenvalue weighted by Gasteiger charge is -2.01. The standard InChI is InChI=1S/C17H12N6O/c1-11-13(7-8-24-11)15-20-17-14-9-19-23(12-5-3-2-4-6-12)16(14)18-10-22(17)21-15/h2-10H,1H3. The van der Waals surface area contributed by atoms with Gasteiger partial charge in [0.05, 0.1) is 29.1 Å². The van der Waals surface area contributed by atoms with E-state index in [4.69, 9.17) is 4.42 Å². The molecule has 0 aliphatic heterocycles. The van der Waals surface area contributed by atoms with E-state index in [0.29, 0.717) is 5.82 Å². The molecular formula is C17H12N6O. The van der Waals surface area contributed by atoms with Crippen LogP contribution in [0, 0.1) is 6.92 Å². The Hall–Kier alpha value is -3.48. The van der Waals surface area contributed by atoms with Gasteiger partial charge in [-0.05, 0) is 25.1 Å². The lowest BCUT2D eigenvalue weighted by Crippen LogP contribution is -1.98. The highest BCUT2D eigenvalue weighted by molar-refractivity contribution is 5.90. The molecule has 0 fully saturated rings. The van der Waals surface area contributed by atoms with Gasteiger partial charge in [0.15, 0.2) is 17.1 Å². The summed E-state index contributed by atoms with van der Waals surface area (Å²) in [4.78, 5) is 9.15. The Morgan fingerprint density at radius 3 is 2.71 bits per heavy atom. The Labute approximate surface area is 136 Å². The van der Waals surface area contributed by atoms with Gasteiger partial charge in [-0.2, -0.15) is 5.10 Å². The Morgan fingerprint density at radius 1 is 1.04 bits per heavy atom. The van der Waals surface area contributed by atoms with E-state index in [-0.39, 0.29) is 0 Å². The minimum absolute atomic E-state index is 0.614. The number of hydrogen-bond donors (Lipinski definition) is 0. The molecule has 0 radical (unpaired) electrons. The van der Waals surface area contributed by atoms with Crippen LogP contribution in [0.2, 0.25) is 0 Å². The lowest BCUT2D eigenvalue weighted by atomic mass is 10.2. The maximum absolute atomic E-state index is 5.34. The topological polar surface area (TPSA) is 74.0 Å². The van der Waals surface area contributed by atoms with Gasteiger partial charge in [-0.25, -0.2) is 19.2 Å². The van der Waals surface area contributed by atoms with E-state index in [1.165, 1.54) is 0 Å². The molecule has 5 rings (SSSR count). The number of furan rings is 1. The summed E-state index contributed by atoms with van der Waals surface area (Å²) >= 11 is 0. The van der Waals surface area contributed by atoms with Crippen molar-refractivity contribution in [1.82, 2.24) is 29.4 Å². The maximum atomic E-state index is 5.34. The molecule has 24 heavy (non-hydrogen) atoms. The van der Waals surface area contributed by atoms with Crippen LogP contribution in [0.1, 0.15) is 5.76 Å². The van der Waals surface area contributed by atoms with Crippen molar-refractivity contribution < 1.29 is 4.42 Å². The SMILES string of the molecule is Cc1occc1-c1nc2c3cnn(-c4ccccc4)c3ncn2n1. The van der Waals surface area contributed by atoms with Gasteiger partial charge < -0.3 is 4.42 Å². The molecule has 0 atom stereocenters. The second-order valence-corrected chi connectivity index (χ2v) is 5.47. The summed E-state index contributed by atoms with van der Waals surface area (Å²) in [6.45, 7) is 1.89. The first-order valence-corrected chi connectivity index (χ1v) is 7.50. The maximum Gasteiger partial charge on any atom is 0.185 e. The van der Waals surface area contributed by atoms with Gasteiger partial charge in [0.2, 0.25) is 0 Å². The van der Waals surface area contributed by atoms with E-state index in [2.05, 4.69) is 20.2 Å². The molecule has 0 bridgehead atoms. The number of rotatable bonds is 2. The molecule has 1 aromatic carbocycles. The Morgan fingerprint density at radius 2 is 1.92 bits per heavy atom. The molecule has 0 saturated heterocycles. The molecule has 5 aromatic rings. The zero-order valence-corrected chi connectivity index (χ0v) is 12.8. The van der Waals surface area contributed by atoms with Crippen LogP contribution < -0.4 is 0 Å². The van der Waals surface area contributed by atoms with Crippen LogP contribution in [-0.2, 0) is 0 Å². The van der Waals surface area contributed by atoms with Crippen LogP contribution in [0.25, 0.3) is 33.8 Å². The van der Waals surface area contributed by atoms with Gasteiger partial charge in [-0.15, -0.1) is 5.10 Å². The number of nitrogens with zero attached hydrogens (tertiary/aromatic N) is 6. The minimum Gasteiger partial charge on any atom is -0.469 e. The van der Waals surface area contributed by atoms with E-state index in [1.54, 1.807) is 28.0 Å². The molecule has 0 aliphatic rings. The third-order valence-corrected chi connectivity index (χ3v) is 4.01. The van der Waals surface area contributed by atoms with E-state index >= 15 is 0 Å². The van der Waals surface area contributed by atoms with E-state index in [1.807, 2.05) is 43.3 Å². The molecule has 0 N–H and O–H groups in total. The largest absolute Gasteiger partial charge is 0.469 e. The molecule has 0 aliphatic carbocycles. The summed E-state index contributed by atoms with van der Waals surface area (Å²) in [5.41, 5.74) is 3.30. The van der Waals surface area contributed by atoms with Crippen molar-refractivity contribution in [2.45, 2.75) is 6.92 Å². The first-order chi connectivity index (χ1) is 11.8. The minimum atomic E-state index is 0.614. The van der Waals surface area contributed by atoms with Crippen molar-refractivity contribution in [2.75, 3.05) is 0 Å². The number of hydrogen-bond acceptors (Lipinski definition) is 5. The number of para-hydroxylation sites is 1. The molecule has 4 heterocycles. The monoisotopic (exact) mass is 316 g/mol. The Bertz CT molecular complexity index is 1170. The van der Waals surface area contributed by atoms with Gasteiger partial charge in [0.25, 0.3) is 0 Å². The van der Waals surface area contributed by atoms with Gasteiger partial charge in [0.1, 0.15) is 12.1 Å². The lowest BCUT2D eigenvalue weighted by molar-refractivity contribution is 0.535. The van der Waals surface area contributed by atoms with Crippen LogP contribution in [-0.4, -0.2) is 29.4 Å². The summed E-state index contributed by atoms with van der Waals surface area (Å²) in [7, 11) is 0. The van der Waals surface area contributed by atoms with Crippen LogP contribution in [0.4, 0.5) is 0 Å².